The first-order valence-corrected chi connectivity index (χ1v) is 7.10. The molecule has 0 radical (unpaired) electrons. The molecule has 1 aromatic carbocycles. The molecule has 2 amide bonds. The Balaban J connectivity index is 2.10. The molecule has 1 unspecified atom stereocenters. The van der Waals surface area contributed by atoms with Crippen LogP contribution < -0.4 is 5.32 Å². The van der Waals surface area contributed by atoms with Crippen molar-refractivity contribution < 1.29 is 18.4 Å². The van der Waals surface area contributed by atoms with Crippen LogP contribution in [-0.2, 0) is 9.59 Å². The third kappa shape index (κ3) is 3.37. The maximum atomic E-state index is 13.5. The summed E-state index contributed by atoms with van der Waals surface area (Å²) in [5.41, 5.74) is -0.582. The number of carbonyl (C=O) groups excluding carboxylic acids is 2. The fourth-order valence-electron chi connectivity index (χ4n) is 2.61. The van der Waals surface area contributed by atoms with Crippen molar-refractivity contribution in [3.8, 4) is 0 Å². The van der Waals surface area contributed by atoms with E-state index in [1.807, 2.05) is 12.2 Å². The topological polar surface area (TPSA) is 49.4 Å². The summed E-state index contributed by atoms with van der Waals surface area (Å²) in [5, 5.41) is 2.04. The quantitative estimate of drug-likeness (QED) is 0.853. The van der Waals surface area contributed by atoms with Gasteiger partial charge in [0.2, 0.25) is 0 Å². The van der Waals surface area contributed by atoms with Crippen molar-refractivity contribution in [1.29, 1.82) is 0 Å². The normalized spacial score (nSPS) is 18.4. The zero-order chi connectivity index (χ0) is 15.4. The highest BCUT2D eigenvalue weighted by Crippen LogP contribution is 2.21. The van der Waals surface area contributed by atoms with Crippen LogP contribution in [0.25, 0.3) is 0 Å². The molecule has 0 aromatic heterocycles. The van der Waals surface area contributed by atoms with Gasteiger partial charge in [0.05, 0.1) is 0 Å². The highest BCUT2D eigenvalue weighted by molar-refractivity contribution is 6.39. The van der Waals surface area contributed by atoms with Crippen LogP contribution in [0.15, 0.2) is 18.2 Å². The van der Waals surface area contributed by atoms with E-state index < -0.39 is 29.1 Å². The van der Waals surface area contributed by atoms with Gasteiger partial charge in [-0.3, -0.25) is 9.59 Å². The lowest BCUT2D eigenvalue weighted by molar-refractivity contribution is -0.145. The Morgan fingerprint density at radius 3 is 2.57 bits per heavy atom. The largest absolute Gasteiger partial charge is 0.331 e. The van der Waals surface area contributed by atoms with Crippen molar-refractivity contribution in [1.82, 2.24) is 4.90 Å². The molecule has 1 aliphatic heterocycles. The highest BCUT2D eigenvalue weighted by atomic mass is 19.1. The number of anilines is 1. The van der Waals surface area contributed by atoms with Crippen LogP contribution in [0.5, 0.6) is 0 Å². The number of para-hydroxylation sites is 1. The Bertz CT molecular complexity index is 528. The number of halogens is 2. The van der Waals surface area contributed by atoms with E-state index in [9.17, 15) is 18.4 Å². The van der Waals surface area contributed by atoms with Gasteiger partial charge >= 0.3 is 11.8 Å². The van der Waals surface area contributed by atoms with E-state index in [0.717, 1.165) is 37.8 Å². The first kappa shape index (κ1) is 15.4. The minimum absolute atomic E-state index is 0.0162. The molecule has 1 aliphatic rings. The summed E-state index contributed by atoms with van der Waals surface area (Å²) in [6, 6.07) is 3.26. The maximum absolute atomic E-state index is 13.5. The van der Waals surface area contributed by atoms with E-state index in [4.69, 9.17) is 0 Å². The summed E-state index contributed by atoms with van der Waals surface area (Å²) < 4.78 is 27.0. The third-order valence-electron chi connectivity index (χ3n) is 3.75. The van der Waals surface area contributed by atoms with Gasteiger partial charge in [-0.1, -0.05) is 13.0 Å². The Hall–Kier alpha value is -1.98. The summed E-state index contributed by atoms with van der Waals surface area (Å²) in [5.74, 6) is -3.53. The molecular weight excluding hydrogens is 278 g/mol. The van der Waals surface area contributed by atoms with Gasteiger partial charge in [0.1, 0.15) is 17.3 Å². The summed E-state index contributed by atoms with van der Waals surface area (Å²) in [6.07, 6.45) is 3.46. The van der Waals surface area contributed by atoms with Crippen molar-refractivity contribution in [2.24, 2.45) is 0 Å². The monoisotopic (exact) mass is 296 g/mol. The first-order valence-electron chi connectivity index (χ1n) is 7.10. The Labute approximate surface area is 122 Å². The second-order valence-corrected chi connectivity index (χ2v) is 5.11. The summed E-state index contributed by atoms with van der Waals surface area (Å²) in [7, 11) is 0. The van der Waals surface area contributed by atoms with Crippen molar-refractivity contribution in [3.63, 3.8) is 0 Å². The highest BCUT2D eigenvalue weighted by Gasteiger charge is 2.30. The molecule has 1 saturated heterocycles. The van der Waals surface area contributed by atoms with Gasteiger partial charge in [0.15, 0.2) is 0 Å². The summed E-state index contributed by atoms with van der Waals surface area (Å²) >= 11 is 0. The van der Waals surface area contributed by atoms with Gasteiger partial charge in [0, 0.05) is 12.6 Å². The van der Waals surface area contributed by atoms with Gasteiger partial charge in [-0.15, -0.1) is 0 Å². The Morgan fingerprint density at radius 2 is 1.95 bits per heavy atom. The second kappa shape index (κ2) is 6.65. The SMILES string of the molecule is CCC1CCCCN1C(=O)C(=O)Nc1c(F)cccc1F. The predicted octanol–water partition coefficient (Wildman–Crippen LogP) is 2.69. The first-order chi connectivity index (χ1) is 10.0. The van der Waals surface area contributed by atoms with Crippen LogP contribution in [0, 0.1) is 11.6 Å². The van der Waals surface area contributed by atoms with Gasteiger partial charge in [-0.05, 0) is 37.8 Å². The molecular formula is C15H18F2N2O2. The number of amides is 2. The number of hydrogen-bond donors (Lipinski definition) is 1. The number of hydrogen-bond acceptors (Lipinski definition) is 2. The number of rotatable bonds is 2. The van der Waals surface area contributed by atoms with Crippen LogP contribution >= 0.6 is 0 Å². The third-order valence-corrected chi connectivity index (χ3v) is 3.75. The fraction of sp³-hybridized carbons (Fsp3) is 0.467. The number of piperidine rings is 1. The molecule has 0 saturated carbocycles. The smallest absolute Gasteiger partial charge is 0.314 e. The summed E-state index contributed by atoms with van der Waals surface area (Å²) in [4.78, 5) is 25.6. The average molecular weight is 296 g/mol. The van der Waals surface area contributed by atoms with E-state index >= 15 is 0 Å². The van der Waals surface area contributed by atoms with Crippen LogP contribution in [0.2, 0.25) is 0 Å². The maximum Gasteiger partial charge on any atom is 0.314 e. The molecule has 2 rings (SSSR count). The van der Waals surface area contributed by atoms with Crippen molar-refractivity contribution in [2.45, 2.75) is 38.6 Å². The van der Waals surface area contributed by atoms with Gasteiger partial charge in [-0.25, -0.2) is 8.78 Å². The molecule has 21 heavy (non-hydrogen) atoms. The molecule has 114 valence electrons. The van der Waals surface area contributed by atoms with Crippen LogP contribution in [0.3, 0.4) is 0 Å². The average Bonchev–Trinajstić information content (AvgIpc) is 2.50. The molecule has 1 heterocycles. The van der Waals surface area contributed by atoms with Crippen molar-refractivity contribution in [2.75, 3.05) is 11.9 Å². The molecule has 1 N–H and O–H groups in total. The Kier molecular flexibility index (Phi) is 4.88. The fourth-order valence-corrected chi connectivity index (χ4v) is 2.61. The summed E-state index contributed by atoms with van der Waals surface area (Å²) in [6.45, 7) is 2.45. The molecule has 0 aliphatic carbocycles. The number of nitrogens with zero attached hydrogens (tertiary/aromatic N) is 1. The van der Waals surface area contributed by atoms with E-state index in [0.29, 0.717) is 6.54 Å². The molecule has 1 atom stereocenters. The lowest BCUT2D eigenvalue weighted by Gasteiger charge is -2.34. The standard InChI is InChI=1S/C15H18F2N2O2/c1-2-10-6-3-4-9-19(10)15(21)14(20)18-13-11(16)7-5-8-12(13)17/h5,7-8,10H,2-4,6,9H2,1H3,(H,18,20). The van der Waals surface area contributed by atoms with Crippen LogP contribution in [0.1, 0.15) is 32.6 Å². The van der Waals surface area contributed by atoms with E-state index in [-0.39, 0.29) is 6.04 Å². The number of carbonyl (C=O) groups is 2. The van der Waals surface area contributed by atoms with Gasteiger partial charge < -0.3 is 10.2 Å². The molecule has 1 aromatic rings. The molecule has 1 fully saturated rings. The van der Waals surface area contributed by atoms with Crippen LogP contribution in [-0.4, -0.2) is 29.3 Å². The van der Waals surface area contributed by atoms with Crippen LogP contribution in [0.4, 0.5) is 14.5 Å². The molecule has 0 spiro atoms. The van der Waals surface area contributed by atoms with Crippen molar-refractivity contribution in [3.05, 3.63) is 29.8 Å². The second-order valence-electron chi connectivity index (χ2n) is 5.11. The molecule has 4 nitrogen and oxygen atoms in total. The number of likely N-dealkylation sites (tertiary alicyclic amines) is 1. The van der Waals surface area contributed by atoms with E-state index in [1.165, 1.54) is 11.0 Å². The zero-order valence-electron chi connectivity index (χ0n) is 11.9. The van der Waals surface area contributed by atoms with E-state index in [1.54, 1.807) is 0 Å². The molecule has 6 heteroatoms. The van der Waals surface area contributed by atoms with Gasteiger partial charge in [0.25, 0.3) is 0 Å². The lowest BCUT2D eigenvalue weighted by Crippen LogP contribution is -2.48. The predicted molar refractivity (Wildman–Crippen MR) is 74.6 cm³/mol. The minimum Gasteiger partial charge on any atom is -0.331 e. The van der Waals surface area contributed by atoms with Crippen molar-refractivity contribution >= 4 is 17.5 Å². The van der Waals surface area contributed by atoms with Gasteiger partial charge in [-0.2, -0.15) is 0 Å². The lowest BCUT2D eigenvalue weighted by atomic mass is 10.00. The number of nitrogens with one attached hydrogen (secondary N) is 1. The van der Waals surface area contributed by atoms with E-state index in [2.05, 4.69) is 0 Å². The Morgan fingerprint density at radius 1 is 1.29 bits per heavy atom. The minimum atomic E-state index is -1.00. The molecule has 0 bridgehead atoms. The number of benzene rings is 1. The zero-order valence-corrected chi connectivity index (χ0v) is 11.9.